The van der Waals surface area contributed by atoms with Crippen molar-refractivity contribution in [1.82, 2.24) is 10.6 Å². The predicted octanol–water partition coefficient (Wildman–Crippen LogP) is 0.704. The number of hydrogen-bond acceptors (Lipinski definition) is 4. The topological polar surface area (TPSA) is 75.3 Å². The van der Waals surface area contributed by atoms with E-state index < -0.39 is 21.5 Å². The highest BCUT2D eigenvalue weighted by atomic mass is 32.2. The van der Waals surface area contributed by atoms with Gasteiger partial charge in [0.2, 0.25) is 5.91 Å². The van der Waals surface area contributed by atoms with Gasteiger partial charge in [-0.1, -0.05) is 6.42 Å². The van der Waals surface area contributed by atoms with E-state index in [-0.39, 0.29) is 11.8 Å². The zero-order chi connectivity index (χ0) is 14.2. The van der Waals surface area contributed by atoms with E-state index >= 15 is 0 Å². The van der Waals surface area contributed by atoms with Crippen LogP contribution in [0.5, 0.6) is 0 Å². The Balaban J connectivity index is 3.91. The van der Waals surface area contributed by atoms with Gasteiger partial charge in [0.15, 0.2) is 9.84 Å². The summed E-state index contributed by atoms with van der Waals surface area (Å²) in [6.07, 6.45) is 2.42. The molecular formula is C12H26N2O3S. The van der Waals surface area contributed by atoms with Crippen LogP contribution in [0.15, 0.2) is 0 Å². The number of nitrogens with one attached hydrogen (secondary N) is 2. The van der Waals surface area contributed by atoms with Crippen LogP contribution >= 0.6 is 0 Å². The first-order valence-corrected chi connectivity index (χ1v) is 8.26. The Morgan fingerprint density at radius 2 is 1.78 bits per heavy atom. The van der Waals surface area contributed by atoms with Crippen LogP contribution in [-0.4, -0.2) is 45.0 Å². The molecule has 1 atom stereocenters. The average Bonchev–Trinajstić information content (AvgIpc) is 2.21. The van der Waals surface area contributed by atoms with Gasteiger partial charge in [-0.3, -0.25) is 4.79 Å². The molecule has 0 spiro atoms. The summed E-state index contributed by atoms with van der Waals surface area (Å²) in [6, 6.07) is 0.376. The van der Waals surface area contributed by atoms with E-state index in [0.717, 1.165) is 12.8 Å². The molecule has 0 saturated heterocycles. The lowest BCUT2D eigenvalue weighted by Crippen LogP contribution is -2.35. The lowest BCUT2D eigenvalue weighted by atomic mass is 10.1. The van der Waals surface area contributed by atoms with Crippen LogP contribution < -0.4 is 10.6 Å². The van der Waals surface area contributed by atoms with Crippen LogP contribution in [0.1, 0.15) is 40.0 Å². The number of sulfone groups is 1. The molecule has 108 valence electrons. The highest BCUT2D eigenvalue weighted by molar-refractivity contribution is 7.92. The summed E-state index contributed by atoms with van der Waals surface area (Å²) in [5.74, 6) is -0.713. The number of carbonyl (C=O) groups excluding carboxylic acids is 1. The largest absolute Gasteiger partial charge is 0.353 e. The third kappa shape index (κ3) is 9.41. The fourth-order valence-electron chi connectivity index (χ4n) is 1.55. The highest BCUT2D eigenvalue weighted by Gasteiger charge is 2.16. The Bertz CT molecular complexity index is 339. The minimum atomic E-state index is -3.26. The van der Waals surface area contributed by atoms with Crippen molar-refractivity contribution in [3.8, 4) is 0 Å². The van der Waals surface area contributed by atoms with Gasteiger partial charge in [0.05, 0.1) is 5.75 Å². The first-order valence-electron chi connectivity index (χ1n) is 6.44. The SMILES string of the molecule is CNC(C)CCCCS(=O)(=O)CC(=O)NC(C)C. The third-order valence-corrected chi connectivity index (χ3v) is 4.25. The molecule has 0 bridgehead atoms. The molecule has 0 aliphatic heterocycles. The number of carbonyl (C=O) groups is 1. The zero-order valence-corrected chi connectivity index (χ0v) is 12.6. The van der Waals surface area contributed by atoms with Crippen molar-refractivity contribution in [2.24, 2.45) is 0 Å². The van der Waals surface area contributed by atoms with E-state index in [4.69, 9.17) is 0 Å². The van der Waals surface area contributed by atoms with Gasteiger partial charge in [0.1, 0.15) is 5.75 Å². The highest BCUT2D eigenvalue weighted by Crippen LogP contribution is 2.03. The van der Waals surface area contributed by atoms with Crippen molar-refractivity contribution in [2.75, 3.05) is 18.6 Å². The maximum Gasteiger partial charge on any atom is 0.235 e. The first kappa shape index (κ1) is 17.4. The van der Waals surface area contributed by atoms with E-state index in [1.54, 1.807) is 0 Å². The van der Waals surface area contributed by atoms with Gasteiger partial charge in [-0.05, 0) is 40.7 Å². The Labute approximate surface area is 111 Å². The average molecular weight is 278 g/mol. The molecule has 0 saturated carbocycles. The predicted molar refractivity (Wildman–Crippen MR) is 74.3 cm³/mol. The molecule has 18 heavy (non-hydrogen) atoms. The second kappa shape index (κ2) is 8.48. The van der Waals surface area contributed by atoms with Crippen LogP contribution in [0.3, 0.4) is 0 Å². The van der Waals surface area contributed by atoms with Gasteiger partial charge in [-0.15, -0.1) is 0 Å². The van der Waals surface area contributed by atoms with Gasteiger partial charge >= 0.3 is 0 Å². The Hall–Kier alpha value is -0.620. The van der Waals surface area contributed by atoms with Crippen molar-refractivity contribution in [2.45, 2.75) is 52.1 Å². The molecule has 0 aromatic carbocycles. The molecule has 0 aromatic rings. The minimum absolute atomic E-state index is 0.0239. The molecule has 0 radical (unpaired) electrons. The number of amides is 1. The van der Waals surface area contributed by atoms with Crippen LogP contribution in [0.2, 0.25) is 0 Å². The lowest BCUT2D eigenvalue weighted by molar-refractivity contribution is -0.119. The molecule has 0 fully saturated rings. The number of unbranched alkanes of at least 4 members (excludes halogenated alkanes) is 1. The van der Waals surface area contributed by atoms with Gasteiger partial charge in [0, 0.05) is 12.1 Å². The van der Waals surface area contributed by atoms with Gasteiger partial charge in [-0.25, -0.2) is 8.42 Å². The van der Waals surface area contributed by atoms with Gasteiger partial charge in [-0.2, -0.15) is 0 Å². The quantitative estimate of drug-likeness (QED) is 0.609. The molecule has 5 nitrogen and oxygen atoms in total. The van der Waals surface area contributed by atoms with Crippen molar-refractivity contribution in [3.05, 3.63) is 0 Å². The van der Waals surface area contributed by atoms with Crippen LogP contribution in [0.25, 0.3) is 0 Å². The maximum atomic E-state index is 11.7. The van der Waals surface area contributed by atoms with Crippen molar-refractivity contribution in [3.63, 3.8) is 0 Å². The van der Waals surface area contributed by atoms with Crippen LogP contribution in [0, 0.1) is 0 Å². The van der Waals surface area contributed by atoms with Crippen molar-refractivity contribution >= 4 is 15.7 Å². The summed E-state index contributed by atoms with van der Waals surface area (Å²) < 4.78 is 23.3. The minimum Gasteiger partial charge on any atom is -0.353 e. The molecule has 1 amide bonds. The van der Waals surface area contributed by atoms with Gasteiger partial charge in [0.25, 0.3) is 0 Å². The fourth-order valence-corrected chi connectivity index (χ4v) is 2.82. The number of rotatable bonds is 9. The first-order chi connectivity index (χ1) is 8.26. The summed E-state index contributed by atoms with van der Waals surface area (Å²) >= 11 is 0. The lowest BCUT2D eigenvalue weighted by Gasteiger charge is -2.10. The third-order valence-electron chi connectivity index (χ3n) is 2.64. The molecule has 6 heteroatoms. The van der Waals surface area contributed by atoms with Crippen molar-refractivity contribution in [1.29, 1.82) is 0 Å². The summed E-state index contributed by atoms with van der Waals surface area (Å²) in [7, 11) is -1.38. The Morgan fingerprint density at radius 3 is 2.28 bits per heavy atom. The zero-order valence-electron chi connectivity index (χ0n) is 11.8. The van der Waals surface area contributed by atoms with E-state index in [9.17, 15) is 13.2 Å². The van der Waals surface area contributed by atoms with Crippen molar-refractivity contribution < 1.29 is 13.2 Å². The monoisotopic (exact) mass is 278 g/mol. The van der Waals surface area contributed by atoms with E-state index in [1.165, 1.54) is 0 Å². The summed E-state index contributed by atoms with van der Waals surface area (Å²) in [5, 5.41) is 5.69. The standard InChI is InChI=1S/C12H26N2O3S/c1-10(2)14-12(15)9-18(16,17)8-6-5-7-11(3)13-4/h10-11,13H,5-9H2,1-4H3,(H,14,15). The molecule has 2 N–H and O–H groups in total. The van der Waals surface area contributed by atoms with Gasteiger partial charge < -0.3 is 10.6 Å². The molecule has 0 rings (SSSR count). The summed E-state index contributed by atoms with van der Waals surface area (Å²) in [4.78, 5) is 11.4. The number of hydrogen-bond donors (Lipinski definition) is 2. The second-order valence-corrected chi connectivity index (χ2v) is 7.18. The summed E-state index contributed by atoms with van der Waals surface area (Å²) in [6.45, 7) is 5.68. The molecule has 1 unspecified atom stereocenters. The smallest absolute Gasteiger partial charge is 0.235 e. The van der Waals surface area contributed by atoms with Crippen LogP contribution in [0.4, 0.5) is 0 Å². The van der Waals surface area contributed by atoms with E-state index in [0.29, 0.717) is 12.5 Å². The van der Waals surface area contributed by atoms with E-state index in [2.05, 4.69) is 17.6 Å². The Morgan fingerprint density at radius 1 is 1.17 bits per heavy atom. The normalized spacial score (nSPS) is 13.6. The van der Waals surface area contributed by atoms with E-state index in [1.807, 2.05) is 20.9 Å². The maximum absolute atomic E-state index is 11.7. The summed E-state index contributed by atoms with van der Waals surface area (Å²) in [5.41, 5.74) is 0. The molecular weight excluding hydrogens is 252 g/mol. The molecule has 0 aliphatic rings. The Kier molecular flexibility index (Phi) is 8.18. The molecule has 0 aliphatic carbocycles. The second-order valence-electron chi connectivity index (χ2n) is 5.00. The van der Waals surface area contributed by atoms with Crippen LogP contribution in [-0.2, 0) is 14.6 Å². The molecule has 0 aromatic heterocycles. The molecule has 0 heterocycles. The fraction of sp³-hybridized carbons (Fsp3) is 0.917.